The molecular formula is C17H24N4O2S. The molecule has 7 heteroatoms. The average molecular weight is 348 g/mol. The van der Waals surface area contributed by atoms with E-state index >= 15 is 0 Å². The van der Waals surface area contributed by atoms with E-state index in [2.05, 4.69) is 10.3 Å². The number of anilines is 1. The SMILES string of the molecule is CCN(CC)C(=O)C1CSCN1C(=O)c1ccc(NC2CC2)nc1. The predicted octanol–water partition coefficient (Wildman–Crippen LogP) is 2.04. The Labute approximate surface area is 147 Å². The first-order valence-electron chi connectivity index (χ1n) is 8.54. The molecule has 2 fully saturated rings. The van der Waals surface area contributed by atoms with E-state index in [0.29, 0.717) is 36.3 Å². The second-order valence-electron chi connectivity index (χ2n) is 6.15. The summed E-state index contributed by atoms with van der Waals surface area (Å²) in [5.74, 6) is 1.95. The quantitative estimate of drug-likeness (QED) is 0.852. The first-order valence-corrected chi connectivity index (χ1v) is 9.69. The molecule has 1 unspecified atom stereocenters. The van der Waals surface area contributed by atoms with Crippen molar-refractivity contribution in [2.45, 2.75) is 38.8 Å². The third kappa shape index (κ3) is 3.66. The molecule has 0 bridgehead atoms. The summed E-state index contributed by atoms with van der Waals surface area (Å²) in [5.41, 5.74) is 0.538. The summed E-state index contributed by atoms with van der Waals surface area (Å²) in [7, 11) is 0. The van der Waals surface area contributed by atoms with E-state index in [1.165, 1.54) is 12.8 Å². The largest absolute Gasteiger partial charge is 0.367 e. The Morgan fingerprint density at radius 1 is 1.33 bits per heavy atom. The zero-order valence-electron chi connectivity index (χ0n) is 14.2. The van der Waals surface area contributed by atoms with Gasteiger partial charge >= 0.3 is 0 Å². The molecule has 2 aliphatic rings. The molecule has 0 spiro atoms. The summed E-state index contributed by atoms with van der Waals surface area (Å²) in [4.78, 5) is 33.2. The van der Waals surface area contributed by atoms with Crippen molar-refractivity contribution < 1.29 is 9.59 Å². The van der Waals surface area contributed by atoms with E-state index in [1.54, 1.807) is 33.8 Å². The summed E-state index contributed by atoms with van der Waals surface area (Å²) in [5, 5.41) is 3.31. The van der Waals surface area contributed by atoms with Crippen LogP contribution in [0.2, 0.25) is 0 Å². The first-order chi connectivity index (χ1) is 11.6. The van der Waals surface area contributed by atoms with Crippen molar-refractivity contribution >= 4 is 29.4 Å². The molecular weight excluding hydrogens is 324 g/mol. The van der Waals surface area contributed by atoms with Crippen LogP contribution in [0.25, 0.3) is 0 Å². The van der Waals surface area contributed by atoms with Gasteiger partial charge in [0.1, 0.15) is 11.9 Å². The summed E-state index contributed by atoms with van der Waals surface area (Å²) in [6.07, 6.45) is 3.97. The number of nitrogens with zero attached hydrogens (tertiary/aromatic N) is 3. The lowest BCUT2D eigenvalue weighted by Gasteiger charge is -2.28. The fraction of sp³-hybridized carbons (Fsp3) is 0.588. The highest BCUT2D eigenvalue weighted by Crippen LogP contribution is 2.26. The summed E-state index contributed by atoms with van der Waals surface area (Å²) >= 11 is 1.62. The number of carbonyl (C=O) groups excluding carboxylic acids is 2. The van der Waals surface area contributed by atoms with Gasteiger partial charge in [0.15, 0.2) is 0 Å². The van der Waals surface area contributed by atoms with Gasteiger partial charge in [-0.25, -0.2) is 4.98 Å². The molecule has 1 saturated heterocycles. The van der Waals surface area contributed by atoms with Crippen molar-refractivity contribution in [3.63, 3.8) is 0 Å². The normalized spacial score (nSPS) is 20.1. The maximum absolute atomic E-state index is 12.8. The van der Waals surface area contributed by atoms with Crippen LogP contribution >= 0.6 is 11.8 Å². The van der Waals surface area contributed by atoms with Crippen molar-refractivity contribution in [3.05, 3.63) is 23.9 Å². The van der Waals surface area contributed by atoms with Gasteiger partial charge in [0.25, 0.3) is 5.91 Å². The Hall–Kier alpha value is -1.76. The number of carbonyl (C=O) groups is 2. The minimum atomic E-state index is -0.369. The van der Waals surface area contributed by atoms with Gasteiger partial charge in [0, 0.05) is 31.1 Å². The topological polar surface area (TPSA) is 65.5 Å². The Kier molecular flexibility index (Phi) is 5.28. The minimum absolute atomic E-state index is 0.0401. The number of aromatic nitrogens is 1. The summed E-state index contributed by atoms with van der Waals surface area (Å²) < 4.78 is 0. The van der Waals surface area contributed by atoms with E-state index in [1.807, 2.05) is 19.9 Å². The predicted molar refractivity (Wildman–Crippen MR) is 96.1 cm³/mol. The number of likely N-dealkylation sites (N-methyl/N-ethyl adjacent to an activating group) is 1. The zero-order chi connectivity index (χ0) is 17.1. The van der Waals surface area contributed by atoms with E-state index in [9.17, 15) is 9.59 Å². The smallest absolute Gasteiger partial charge is 0.256 e. The molecule has 2 heterocycles. The van der Waals surface area contributed by atoms with Gasteiger partial charge in [0.05, 0.1) is 11.4 Å². The van der Waals surface area contributed by atoms with E-state index in [0.717, 1.165) is 5.82 Å². The third-order valence-electron chi connectivity index (χ3n) is 4.44. The highest BCUT2D eigenvalue weighted by molar-refractivity contribution is 7.99. The Morgan fingerprint density at radius 3 is 2.67 bits per heavy atom. The standard InChI is InChI=1S/C17H24N4O2S/c1-3-20(4-2)17(23)14-10-24-11-21(14)16(22)12-5-8-15(18-9-12)19-13-6-7-13/h5,8-9,13-14H,3-4,6-7,10-11H2,1-2H3,(H,18,19). The lowest BCUT2D eigenvalue weighted by atomic mass is 10.2. The van der Waals surface area contributed by atoms with E-state index in [4.69, 9.17) is 0 Å². The van der Waals surface area contributed by atoms with Crippen LogP contribution in [-0.2, 0) is 4.79 Å². The molecule has 1 atom stereocenters. The van der Waals surface area contributed by atoms with Gasteiger partial charge in [-0.1, -0.05) is 0 Å². The van der Waals surface area contributed by atoms with Crippen LogP contribution in [0.5, 0.6) is 0 Å². The number of hydrogen-bond acceptors (Lipinski definition) is 5. The lowest BCUT2D eigenvalue weighted by Crippen LogP contribution is -2.48. The maximum Gasteiger partial charge on any atom is 0.256 e. The number of thioether (sulfide) groups is 1. The van der Waals surface area contributed by atoms with Crippen LogP contribution < -0.4 is 5.32 Å². The maximum atomic E-state index is 12.8. The molecule has 2 amide bonds. The van der Waals surface area contributed by atoms with E-state index in [-0.39, 0.29) is 17.9 Å². The van der Waals surface area contributed by atoms with Crippen molar-refractivity contribution in [1.29, 1.82) is 0 Å². The Balaban J connectivity index is 1.69. The number of amides is 2. The van der Waals surface area contributed by atoms with Crippen LogP contribution in [0.1, 0.15) is 37.0 Å². The van der Waals surface area contributed by atoms with Gasteiger partial charge in [-0.2, -0.15) is 0 Å². The number of rotatable bonds is 6. The summed E-state index contributed by atoms with van der Waals surface area (Å²) in [6, 6.07) is 3.80. The molecule has 6 nitrogen and oxygen atoms in total. The molecule has 0 radical (unpaired) electrons. The molecule has 1 aromatic heterocycles. The third-order valence-corrected chi connectivity index (χ3v) is 5.46. The van der Waals surface area contributed by atoms with Crippen LogP contribution in [0, 0.1) is 0 Å². The van der Waals surface area contributed by atoms with Gasteiger partial charge in [-0.3, -0.25) is 9.59 Å². The molecule has 130 valence electrons. The molecule has 3 rings (SSSR count). The van der Waals surface area contributed by atoms with Crippen LogP contribution in [0.3, 0.4) is 0 Å². The minimum Gasteiger partial charge on any atom is -0.367 e. The van der Waals surface area contributed by atoms with Crippen molar-refractivity contribution in [2.24, 2.45) is 0 Å². The highest BCUT2D eigenvalue weighted by atomic mass is 32.2. The molecule has 1 saturated carbocycles. The Bertz CT molecular complexity index is 599. The van der Waals surface area contributed by atoms with Crippen LogP contribution in [-0.4, -0.2) is 63.4 Å². The highest BCUT2D eigenvalue weighted by Gasteiger charge is 2.36. The molecule has 0 aromatic carbocycles. The van der Waals surface area contributed by atoms with E-state index < -0.39 is 0 Å². The Morgan fingerprint density at radius 2 is 2.08 bits per heavy atom. The molecule has 1 aliphatic heterocycles. The van der Waals surface area contributed by atoms with Gasteiger partial charge in [-0.15, -0.1) is 11.8 Å². The lowest BCUT2D eigenvalue weighted by molar-refractivity contribution is -0.134. The van der Waals surface area contributed by atoms with Gasteiger partial charge < -0.3 is 15.1 Å². The molecule has 1 aliphatic carbocycles. The van der Waals surface area contributed by atoms with Crippen molar-refractivity contribution in [2.75, 3.05) is 30.0 Å². The number of nitrogens with one attached hydrogen (secondary N) is 1. The molecule has 1 aromatic rings. The monoisotopic (exact) mass is 348 g/mol. The van der Waals surface area contributed by atoms with Crippen LogP contribution in [0.15, 0.2) is 18.3 Å². The summed E-state index contributed by atoms with van der Waals surface area (Å²) in [6.45, 7) is 5.26. The first kappa shape index (κ1) is 17.1. The fourth-order valence-electron chi connectivity index (χ4n) is 2.80. The average Bonchev–Trinajstić information content (AvgIpc) is 3.27. The fourth-order valence-corrected chi connectivity index (χ4v) is 3.95. The van der Waals surface area contributed by atoms with Gasteiger partial charge in [0.2, 0.25) is 5.91 Å². The molecule has 24 heavy (non-hydrogen) atoms. The second kappa shape index (κ2) is 7.42. The number of pyridine rings is 1. The second-order valence-corrected chi connectivity index (χ2v) is 7.15. The zero-order valence-corrected chi connectivity index (χ0v) is 15.0. The van der Waals surface area contributed by atoms with Gasteiger partial charge in [-0.05, 0) is 38.8 Å². The number of hydrogen-bond donors (Lipinski definition) is 1. The van der Waals surface area contributed by atoms with Crippen molar-refractivity contribution in [3.8, 4) is 0 Å². The van der Waals surface area contributed by atoms with Crippen LogP contribution in [0.4, 0.5) is 5.82 Å². The van der Waals surface area contributed by atoms with Crippen molar-refractivity contribution in [1.82, 2.24) is 14.8 Å². The molecule has 1 N–H and O–H groups in total.